The van der Waals surface area contributed by atoms with E-state index in [0.29, 0.717) is 24.5 Å². The molecule has 0 aliphatic rings. The van der Waals surface area contributed by atoms with Gasteiger partial charge in [0.15, 0.2) is 0 Å². The maximum absolute atomic E-state index is 5.35. The average molecular weight is 308 g/mol. The molecule has 1 atom stereocenters. The fourth-order valence-corrected chi connectivity index (χ4v) is 2.86. The van der Waals surface area contributed by atoms with Crippen LogP contribution in [0.4, 0.5) is 11.9 Å². The molecule has 0 aromatic carbocycles. The van der Waals surface area contributed by atoms with Crippen LogP contribution in [0.3, 0.4) is 0 Å². The summed E-state index contributed by atoms with van der Waals surface area (Å²) in [5.41, 5.74) is 1.03. The molecule has 0 fully saturated rings. The first-order valence-electron chi connectivity index (χ1n) is 6.80. The molecule has 0 radical (unpaired) electrons. The zero-order valence-electron chi connectivity index (χ0n) is 12.9. The van der Waals surface area contributed by atoms with Gasteiger partial charge in [0.25, 0.3) is 0 Å². The van der Waals surface area contributed by atoms with Crippen LogP contribution in [0.2, 0.25) is 0 Å². The molecule has 0 aliphatic carbocycles. The molecular weight excluding hydrogens is 288 g/mol. The number of nitrogens with one attached hydrogen (secondary N) is 2. The van der Waals surface area contributed by atoms with Crippen molar-refractivity contribution in [2.45, 2.75) is 33.7 Å². The molecular formula is C13H20N6OS. The lowest BCUT2D eigenvalue weighted by Crippen LogP contribution is -2.12. The first-order chi connectivity index (χ1) is 10.0. The quantitative estimate of drug-likeness (QED) is 0.848. The summed E-state index contributed by atoms with van der Waals surface area (Å²) < 4.78 is 5.35. The van der Waals surface area contributed by atoms with Crippen LogP contribution in [0, 0.1) is 13.8 Å². The van der Waals surface area contributed by atoms with Gasteiger partial charge in [-0.3, -0.25) is 0 Å². The van der Waals surface area contributed by atoms with Crippen LogP contribution in [0.1, 0.15) is 35.5 Å². The largest absolute Gasteiger partial charge is 0.464 e. The standard InChI is InChI=1S/C13H20N6OS/c1-6-20-13-18-11(14-5)17-12(19-13)16-8(3)10-7(2)15-9(4)21-10/h8H,6H2,1-5H3,(H2,14,16,17,18,19). The van der Waals surface area contributed by atoms with E-state index in [1.807, 2.05) is 20.8 Å². The third kappa shape index (κ3) is 3.78. The van der Waals surface area contributed by atoms with Gasteiger partial charge in [-0.25, -0.2) is 4.98 Å². The normalized spacial score (nSPS) is 12.0. The second-order valence-corrected chi connectivity index (χ2v) is 5.73. The summed E-state index contributed by atoms with van der Waals surface area (Å²) in [6.45, 7) is 8.47. The van der Waals surface area contributed by atoms with Gasteiger partial charge in [-0.15, -0.1) is 11.3 Å². The fourth-order valence-electron chi connectivity index (χ4n) is 1.93. The number of rotatable bonds is 6. The van der Waals surface area contributed by atoms with Crippen LogP contribution < -0.4 is 15.4 Å². The molecule has 2 rings (SSSR count). The van der Waals surface area contributed by atoms with Crippen molar-refractivity contribution in [3.8, 4) is 6.01 Å². The number of aryl methyl sites for hydroxylation is 2. The number of hydrogen-bond donors (Lipinski definition) is 2. The van der Waals surface area contributed by atoms with Crippen LogP contribution in [0.25, 0.3) is 0 Å². The van der Waals surface area contributed by atoms with Gasteiger partial charge in [-0.1, -0.05) is 0 Å². The van der Waals surface area contributed by atoms with Crippen molar-refractivity contribution in [2.75, 3.05) is 24.3 Å². The minimum absolute atomic E-state index is 0.0674. The minimum Gasteiger partial charge on any atom is -0.464 e. The highest BCUT2D eigenvalue weighted by atomic mass is 32.1. The predicted octanol–water partition coefficient (Wildman–Crippen LogP) is 2.56. The molecule has 2 heterocycles. The summed E-state index contributed by atoms with van der Waals surface area (Å²) in [4.78, 5) is 18.3. The van der Waals surface area contributed by atoms with E-state index in [-0.39, 0.29) is 6.04 Å². The number of anilines is 2. The summed E-state index contributed by atoms with van der Waals surface area (Å²) in [6.07, 6.45) is 0. The summed E-state index contributed by atoms with van der Waals surface area (Å²) in [6, 6.07) is 0.376. The molecule has 0 spiro atoms. The molecule has 0 bridgehead atoms. The van der Waals surface area contributed by atoms with Crippen LogP contribution in [0.15, 0.2) is 0 Å². The summed E-state index contributed by atoms with van der Waals surface area (Å²) >= 11 is 1.67. The topological polar surface area (TPSA) is 84.9 Å². The Morgan fingerprint density at radius 1 is 1.14 bits per heavy atom. The monoisotopic (exact) mass is 308 g/mol. The molecule has 7 nitrogen and oxygen atoms in total. The Kier molecular flexibility index (Phi) is 4.89. The fraction of sp³-hybridized carbons (Fsp3) is 0.538. The Labute approximate surface area is 128 Å². The van der Waals surface area contributed by atoms with E-state index in [4.69, 9.17) is 4.74 Å². The Hall–Kier alpha value is -1.96. The molecule has 2 aromatic rings. The van der Waals surface area contributed by atoms with Crippen LogP contribution >= 0.6 is 11.3 Å². The van der Waals surface area contributed by atoms with Gasteiger partial charge in [-0.2, -0.15) is 15.0 Å². The smallest absolute Gasteiger partial charge is 0.323 e. The number of aromatic nitrogens is 4. The van der Waals surface area contributed by atoms with E-state index < -0.39 is 0 Å². The van der Waals surface area contributed by atoms with Gasteiger partial charge in [-0.05, 0) is 27.7 Å². The van der Waals surface area contributed by atoms with Crippen molar-refractivity contribution in [3.05, 3.63) is 15.6 Å². The van der Waals surface area contributed by atoms with E-state index >= 15 is 0 Å². The number of thiazole rings is 1. The van der Waals surface area contributed by atoms with Crippen molar-refractivity contribution >= 4 is 23.2 Å². The Balaban J connectivity index is 2.21. The van der Waals surface area contributed by atoms with Crippen molar-refractivity contribution in [3.63, 3.8) is 0 Å². The van der Waals surface area contributed by atoms with Gasteiger partial charge >= 0.3 is 6.01 Å². The average Bonchev–Trinajstić information content (AvgIpc) is 2.78. The SMILES string of the molecule is CCOc1nc(NC)nc(NC(C)c2sc(C)nc2C)n1. The number of ether oxygens (including phenoxy) is 1. The molecule has 21 heavy (non-hydrogen) atoms. The van der Waals surface area contributed by atoms with Crippen molar-refractivity contribution < 1.29 is 4.74 Å². The minimum atomic E-state index is 0.0674. The van der Waals surface area contributed by atoms with E-state index in [2.05, 4.69) is 37.5 Å². The summed E-state index contributed by atoms with van der Waals surface area (Å²) in [7, 11) is 1.76. The molecule has 8 heteroatoms. The van der Waals surface area contributed by atoms with E-state index in [1.165, 1.54) is 4.88 Å². The highest BCUT2D eigenvalue weighted by molar-refractivity contribution is 7.11. The van der Waals surface area contributed by atoms with Crippen molar-refractivity contribution in [2.24, 2.45) is 0 Å². The van der Waals surface area contributed by atoms with E-state index in [1.54, 1.807) is 18.4 Å². The van der Waals surface area contributed by atoms with Gasteiger partial charge in [0.2, 0.25) is 11.9 Å². The zero-order chi connectivity index (χ0) is 15.4. The van der Waals surface area contributed by atoms with Gasteiger partial charge in [0.1, 0.15) is 0 Å². The Bertz CT molecular complexity index is 615. The third-order valence-corrected chi connectivity index (χ3v) is 4.05. The number of hydrogen-bond acceptors (Lipinski definition) is 8. The van der Waals surface area contributed by atoms with Crippen LogP contribution in [0.5, 0.6) is 6.01 Å². The van der Waals surface area contributed by atoms with Gasteiger partial charge < -0.3 is 15.4 Å². The molecule has 2 N–H and O–H groups in total. The first-order valence-corrected chi connectivity index (χ1v) is 7.62. The summed E-state index contributed by atoms with van der Waals surface area (Å²) in [5, 5.41) is 7.23. The first kappa shape index (κ1) is 15.4. The molecule has 0 aliphatic heterocycles. The number of nitrogens with zero attached hydrogens (tertiary/aromatic N) is 4. The van der Waals surface area contributed by atoms with Crippen LogP contribution in [-0.2, 0) is 0 Å². The van der Waals surface area contributed by atoms with Crippen molar-refractivity contribution in [1.29, 1.82) is 0 Å². The second kappa shape index (κ2) is 6.66. The van der Waals surface area contributed by atoms with Crippen LogP contribution in [-0.4, -0.2) is 33.6 Å². The maximum Gasteiger partial charge on any atom is 0.323 e. The molecule has 114 valence electrons. The lowest BCUT2D eigenvalue weighted by atomic mass is 10.2. The Morgan fingerprint density at radius 2 is 1.86 bits per heavy atom. The molecule has 2 aromatic heterocycles. The molecule has 1 unspecified atom stereocenters. The van der Waals surface area contributed by atoms with Gasteiger partial charge in [0.05, 0.1) is 23.4 Å². The maximum atomic E-state index is 5.35. The lowest BCUT2D eigenvalue weighted by molar-refractivity contribution is 0.312. The third-order valence-electron chi connectivity index (χ3n) is 2.79. The van der Waals surface area contributed by atoms with Gasteiger partial charge in [0, 0.05) is 11.9 Å². The zero-order valence-corrected chi connectivity index (χ0v) is 13.7. The molecule has 0 saturated heterocycles. The van der Waals surface area contributed by atoms with E-state index in [0.717, 1.165) is 10.7 Å². The highest BCUT2D eigenvalue weighted by Crippen LogP contribution is 2.27. The molecule has 0 amide bonds. The van der Waals surface area contributed by atoms with E-state index in [9.17, 15) is 0 Å². The second-order valence-electron chi connectivity index (χ2n) is 4.50. The highest BCUT2D eigenvalue weighted by Gasteiger charge is 2.15. The molecule has 0 saturated carbocycles. The van der Waals surface area contributed by atoms with Crippen molar-refractivity contribution in [1.82, 2.24) is 19.9 Å². The predicted molar refractivity (Wildman–Crippen MR) is 84.2 cm³/mol. The lowest BCUT2D eigenvalue weighted by Gasteiger charge is -2.14. The summed E-state index contributed by atoms with van der Waals surface area (Å²) in [5.74, 6) is 0.955. The Morgan fingerprint density at radius 3 is 2.43 bits per heavy atom.